The molecule has 6 nitrogen and oxygen atoms in total. The van der Waals surface area contributed by atoms with Gasteiger partial charge in [0.2, 0.25) is 0 Å². The number of hydrogen-bond donors (Lipinski definition) is 2. The third-order valence-corrected chi connectivity index (χ3v) is 1.32. The maximum Gasteiger partial charge on any atom is 0.331 e. The predicted octanol–water partition coefficient (Wildman–Crippen LogP) is 0.0792. The molecule has 0 aromatic carbocycles. The number of esters is 1. The van der Waals surface area contributed by atoms with Crippen LogP contribution in [0.5, 0.6) is 0 Å². The molecule has 3 N–H and O–H groups in total. The number of amides is 3. The van der Waals surface area contributed by atoms with Crippen LogP contribution in [0.25, 0.3) is 0 Å². The van der Waals surface area contributed by atoms with Gasteiger partial charge in [-0.2, -0.15) is 0 Å². The molecule has 0 bridgehead atoms. The van der Waals surface area contributed by atoms with Crippen molar-refractivity contribution in [3.63, 3.8) is 0 Å². The van der Waals surface area contributed by atoms with Crippen molar-refractivity contribution in [1.29, 1.82) is 0 Å². The molecule has 0 aliphatic carbocycles. The molecule has 15 heavy (non-hydrogen) atoms. The van der Waals surface area contributed by atoms with Crippen molar-refractivity contribution in [3.05, 3.63) is 11.6 Å². The summed E-state index contributed by atoms with van der Waals surface area (Å²) in [5.74, 6) is -1.39. The summed E-state index contributed by atoms with van der Waals surface area (Å²) in [6, 6.07) is -0.981. The van der Waals surface area contributed by atoms with Crippen molar-refractivity contribution in [1.82, 2.24) is 5.32 Å². The van der Waals surface area contributed by atoms with Crippen LogP contribution in [0.1, 0.15) is 20.8 Å². The smallest absolute Gasteiger partial charge is 0.331 e. The number of rotatable bonds is 3. The monoisotopic (exact) mass is 214 g/mol. The number of nitrogens with one attached hydrogen (secondary N) is 1. The minimum absolute atomic E-state index is 0.637. The van der Waals surface area contributed by atoms with E-state index in [9.17, 15) is 14.4 Å². The highest BCUT2D eigenvalue weighted by Crippen LogP contribution is 1.96. The van der Waals surface area contributed by atoms with Crippen molar-refractivity contribution in [2.75, 3.05) is 0 Å². The van der Waals surface area contributed by atoms with Gasteiger partial charge < -0.3 is 10.5 Å². The topological polar surface area (TPSA) is 98.5 Å². The minimum Gasteiger partial charge on any atom is -0.449 e. The van der Waals surface area contributed by atoms with Gasteiger partial charge in [-0.05, 0) is 20.8 Å². The van der Waals surface area contributed by atoms with E-state index in [1.54, 1.807) is 19.2 Å². The maximum absolute atomic E-state index is 11.1. The molecule has 0 unspecified atom stereocenters. The summed E-state index contributed by atoms with van der Waals surface area (Å²) in [6.45, 7) is 4.78. The first-order valence-electron chi connectivity index (χ1n) is 4.28. The summed E-state index contributed by atoms with van der Waals surface area (Å²) >= 11 is 0. The van der Waals surface area contributed by atoms with Crippen molar-refractivity contribution in [2.24, 2.45) is 5.73 Å². The second-order valence-corrected chi connectivity index (χ2v) is 3.15. The molecular formula is C9H14N2O4. The van der Waals surface area contributed by atoms with Gasteiger partial charge in [0.25, 0.3) is 5.91 Å². The number of urea groups is 1. The first-order chi connectivity index (χ1) is 6.82. The highest BCUT2D eigenvalue weighted by atomic mass is 16.5. The van der Waals surface area contributed by atoms with Crippen LogP contribution in [-0.4, -0.2) is 24.0 Å². The second-order valence-electron chi connectivity index (χ2n) is 3.15. The normalized spacial score (nSPS) is 11.1. The number of carbonyl (C=O) groups excluding carboxylic acids is 3. The van der Waals surface area contributed by atoms with Gasteiger partial charge in [0.15, 0.2) is 6.10 Å². The molecular weight excluding hydrogens is 200 g/mol. The van der Waals surface area contributed by atoms with Gasteiger partial charge >= 0.3 is 12.0 Å². The Morgan fingerprint density at radius 3 is 2.27 bits per heavy atom. The van der Waals surface area contributed by atoms with E-state index < -0.39 is 24.0 Å². The predicted molar refractivity (Wildman–Crippen MR) is 52.7 cm³/mol. The number of nitrogens with two attached hydrogens (primary N) is 1. The number of imide groups is 1. The Morgan fingerprint density at radius 2 is 1.87 bits per heavy atom. The Balaban J connectivity index is 4.19. The lowest BCUT2D eigenvalue weighted by Crippen LogP contribution is -2.42. The number of primary amides is 1. The van der Waals surface area contributed by atoms with Crippen molar-refractivity contribution >= 4 is 17.9 Å². The van der Waals surface area contributed by atoms with Gasteiger partial charge in [-0.25, -0.2) is 9.59 Å². The molecule has 0 aromatic heterocycles. The summed E-state index contributed by atoms with van der Waals surface area (Å²) < 4.78 is 4.69. The SMILES string of the molecule is CC(C)=CC(=O)O[C@@H](C)C(=O)NC(N)=O. The zero-order chi connectivity index (χ0) is 12.0. The Kier molecular flexibility index (Phi) is 5.08. The van der Waals surface area contributed by atoms with Crippen LogP contribution >= 0.6 is 0 Å². The zero-order valence-corrected chi connectivity index (χ0v) is 8.87. The van der Waals surface area contributed by atoms with E-state index in [1.807, 2.05) is 0 Å². The average Bonchev–Trinajstić information content (AvgIpc) is 2.00. The van der Waals surface area contributed by atoms with Gasteiger partial charge in [0, 0.05) is 6.08 Å². The van der Waals surface area contributed by atoms with Gasteiger partial charge in [0.1, 0.15) is 0 Å². The molecule has 6 heteroatoms. The summed E-state index contributed by atoms with van der Waals surface area (Å²) in [7, 11) is 0. The fraction of sp³-hybridized carbons (Fsp3) is 0.444. The average molecular weight is 214 g/mol. The van der Waals surface area contributed by atoms with E-state index in [-0.39, 0.29) is 0 Å². The highest BCUT2D eigenvalue weighted by molar-refractivity contribution is 5.97. The van der Waals surface area contributed by atoms with E-state index in [2.05, 4.69) is 4.74 Å². The molecule has 0 radical (unpaired) electrons. The maximum atomic E-state index is 11.1. The molecule has 84 valence electrons. The molecule has 0 fully saturated rings. The fourth-order valence-corrected chi connectivity index (χ4v) is 0.721. The molecule has 0 aliphatic heterocycles. The Morgan fingerprint density at radius 1 is 1.33 bits per heavy atom. The highest BCUT2D eigenvalue weighted by Gasteiger charge is 2.17. The first kappa shape index (κ1) is 13.2. The standard InChI is InChI=1S/C9H14N2O4/c1-5(2)4-7(12)15-6(3)8(13)11-9(10)14/h4,6H,1-3H3,(H3,10,11,13,14)/t6-/m0/s1. The Labute approximate surface area is 87.5 Å². The van der Waals surface area contributed by atoms with Gasteiger partial charge in [0.05, 0.1) is 0 Å². The van der Waals surface area contributed by atoms with E-state index >= 15 is 0 Å². The van der Waals surface area contributed by atoms with E-state index in [4.69, 9.17) is 5.73 Å². The Bertz CT molecular complexity index is 305. The minimum atomic E-state index is -1.06. The number of allylic oxidation sites excluding steroid dienone is 1. The molecule has 0 spiro atoms. The van der Waals surface area contributed by atoms with E-state index in [1.165, 1.54) is 13.0 Å². The van der Waals surface area contributed by atoms with Crippen LogP contribution in [0, 0.1) is 0 Å². The molecule has 3 amide bonds. The lowest BCUT2D eigenvalue weighted by atomic mass is 10.3. The Hall–Kier alpha value is -1.85. The number of carbonyl (C=O) groups is 3. The summed E-state index contributed by atoms with van der Waals surface area (Å²) in [6.07, 6.45) is 0.189. The van der Waals surface area contributed by atoms with E-state index in [0.717, 1.165) is 5.57 Å². The summed E-state index contributed by atoms with van der Waals surface area (Å²) in [5.41, 5.74) is 5.47. The lowest BCUT2D eigenvalue weighted by molar-refractivity contribution is -0.149. The molecule has 0 aliphatic rings. The molecule has 0 heterocycles. The number of ether oxygens (including phenoxy) is 1. The van der Waals surface area contributed by atoms with Crippen LogP contribution in [0.4, 0.5) is 4.79 Å². The zero-order valence-electron chi connectivity index (χ0n) is 8.87. The van der Waals surface area contributed by atoms with Crippen LogP contribution < -0.4 is 11.1 Å². The fourth-order valence-electron chi connectivity index (χ4n) is 0.721. The van der Waals surface area contributed by atoms with Crippen LogP contribution in [0.2, 0.25) is 0 Å². The lowest BCUT2D eigenvalue weighted by Gasteiger charge is -2.10. The quantitative estimate of drug-likeness (QED) is 0.513. The summed E-state index contributed by atoms with van der Waals surface area (Å²) in [4.78, 5) is 32.4. The molecule has 0 aromatic rings. The van der Waals surface area contributed by atoms with Crippen LogP contribution in [0.3, 0.4) is 0 Å². The van der Waals surface area contributed by atoms with Gasteiger partial charge in [-0.15, -0.1) is 0 Å². The van der Waals surface area contributed by atoms with Gasteiger partial charge in [-0.1, -0.05) is 5.57 Å². The van der Waals surface area contributed by atoms with Crippen molar-refractivity contribution < 1.29 is 19.1 Å². The molecule has 1 atom stereocenters. The third-order valence-electron chi connectivity index (χ3n) is 1.32. The third kappa shape index (κ3) is 6.25. The van der Waals surface area contributed by atoms with Crippen LogP contribution in [-0.2, 0) is 14.3 Å². The summed E-state index contributed by atoms with van der Waals surface area (Å²) in [5, 5.41) is 1.80. The molecule has 0 saturated carbocycles. The second kappa shape index (κ2) is 5.79. The molecule has 0 saturated heterocycles. The first-order valence-corrected chi connectivity index (χ1v) is 4.28. The van der Waals surface area contributed by atoms with Crippen LogP contribution in [0.15, 0.2) is 11.6 Å². The van der Waals surface area contributed by atoms with Crippen molar-refractivity contribution in [2.45, 2.75) is 26.9 Å². The molecule has 0 rings (SSSR count). The largest absolute Gasteiger partial charge is 0.449 e. The van der Waals surface area contributed by atoms with Gasteiger partial charge in [-0.3, -0.25) is 10.1 Å². The van der Waals surface area contributed by atoms with E-state index in [0.29, 0.717) is 0 Å². The number of hydrogen-bond acceptors (Lipinski definition) is 4. The van der Waals surface area contributed by atoms with Crippen molar-refractivity contribution in [3.8, 4) is 0 Å².